The summed E-state index contributed by atoms with van der Waals surface area (Å²) in [7, 11) is 0. The van der Waals surface area contributed by atoms with E-state index in [0.29, 0.717) is 28.6 Å². The molecule has 0 saturated heterocycles. The fourth-order valence-corrected chi connectivity index (χ4v) is 2.25. The normalized spacial score (nSPS) is 10.2. The lowest BCUT2D eigenvalue weighted by molar-refractivity contribution is -0.118. The molecule has 0 atom stereocenters. The summed E-state index contributed by atoms with van der Waals surface area (Å²) in [6.07, 6.45) is 0. The summed E-state index contributed by atoms with van der Waals surface area (Å²) < 4.78 is 10.4. The number of hydrogen-bond donors (Lipinski definition) is 2. The highest BCUT2D eigenvalue weighted by molar-refractivity contribution is 6.06. The molecule has 2 aromatic carbocycles. The molecule has 7 heteroatoms. The topological polar surface area (TPSA) is 93.5 Å². The molecule has 1 aromatic heterocycles. The minimum absolute atomic E-state index is 0.262. The summed E-state index contributed by atoms with van der Waals surface area (Å²) in [6, 6.07) is 17.4. The van der Waals surface area contributed by atoms with E-state index in [1.54, 1.807) is 49.4 Å². The number of rotatable bonds is 6. The molecule has 0 fully saturated rings. The number of carbonyl (C=O) groups is 2. The van der Waals surface area contributed by atoms with Gasteiger partial charge in [0, 0.05) is 11.8 Å². The number of amides is 2. The van der Waals surface area contributed by atoms with E-state index in [1.165, 1.54) is 0 Å². The molecule has 132 valence electrons. The van der Waals surface area contributed by atoms with Crippen LogP contribution in [0.25, 0.3) is 0 Å². The Labute approximate surface area is 150 Å². The van der Waals surface area contributed by atoms with Gasteiger partial charge >= 0.3 is 0 Å². The van der Waals surface area contributed by atoms with Gasteiger partial charge in [-0.1, -0.05) is 35.5 Å². The minimum Gasteiger partial charge on any atom is -0.483 e. The Hall–Kier alpha value is -3.61. The smallest absolute Gasteiger partial charge is 0.263 e. The molecule has 0 aliphatic carbocycles. The SMILES string of the molecule is Cc1cc(NC(=O)COc2ccccc2C(=O)Nc2ccccc2)no1. The van der Waals surface area contributed by atoms with E-state index in [9.17, 15) is 9.59 Å². The van der Waals surface area contributed by atoms with Crippen LogP contribution in [0.3, 0.4) is 0 Å². The zero-order valence-corrected chi connectivity index (χ0v) is 14.1. The average molecular weight is 351 g/mol. The van der Waals surface area contributed by atoms with Gasteiger partial charge in [0.2, 0.25) is 0 Å². The highest BCUT2D eigenvalue weighted by Gasteiger charge is 2.14. The number of ether oxygens (including phenoxy) is 1. The second kappa shape index (κ2) is 7.98. The zero-order valence-electron chi connectivity index (χ0n) is 14.1. The molecule has 1 heterocycles. The van der Waals surface area contributed by atoms with Gasteiger partial charge in [0.1, 0.15) is 11.5 Å². The van der Waals surface area contributed by atoms with Gasteiger partial charge < -0.3 is 19.9 Å². The molecular weight excluding hydrogens is 334 g/mol. The quantitative estimate of drug-likeness (QED) is 0.711. The summed E-state index contributed by atoms with van der Waals surface area (Å²) in [5.41, 5.74) is 1.01. The summed E-state index contributed by atoms with van der Waals surface area (Å²) >= 11 is 0. The number of aryl methyl sites for hydroxylation is 1. The maximum atomic E-state index is 12.5. The lowest BCUT2D eigenvalue weighted by atomic mass is 10.2. The van der Waals surface area contributed by atoms with Crippen molar-refractivity contribution >= 4 is 23.3 Å². The van der Waals surface area contributed by atoms with Crippen LogP contribution >= 0.6 is 0 Å². The van der Waals surface area contributed by atoms with E-state index in [1.807, 2.05) is 18.2 Å². The molecule has 0 radical (unpaired) electrons. The summed E-state index contributed by atoms with van der Waals surface area (Å²) in [5, 5.41) is 9.02. The monoisotopic (exact) mass is 351 g/mol. The van der Waals surface area contributed by atoms with Crippen LogP contribution < -0.4 is 15.4 Å². The van der Waals surface area contributed by atoms with Crippen LogP contribution in [0.1, 0.15) is 16.1 Å². The number of hydrogen-bond acceptors (Lipinski definition) is 5. The van der Waals surface area contributed by atoms with Crippen molar-refractivity contribution in [2.45, 2.75) is 6.92 Å². The maximum absolute atomic E-state index is 12.5. The highest BCUT2D eigenvalue weighted by atomic mass is 16.5. The summed E-state index contributed by atoms with van der Waals surface area (Å²) in [4.78, 5) is 24.4. The third kappa shape index (κ3) is 4.47. The number of carbonyl (C=O) groups excluding carboxylic acids is 2. The van der Waals surface area contributed by atoms with Crippen LogP contribution in [0.2, 0.25) is 0 Å². The first kappa shape index (κ1) is 17.2. The van der Waals surface area contributed by atoms with Crippen LogP contribution in [-0.2, 0) is 4.79 Å². The van der Waals surface area contributed by atoms with Crippen LogP contribution in [-0.4, -0.2) is 23.6 Å². The molecular formula is C19H17N3O4. The summed E-state index contributed by atoms with van der Waals surface area (Å²) in [5.74, 6) is 0.485. The molecule has 0 aliphatic heterocycles. The van der Waals surface area contributed by atoms with Gasteiger partial charge in [0.25, 0.3) is 11.8 Å². The van der Waals surface area contributed by atoms with Crippen molar-refractivity contribution in [1.82, 2.24) is 5.16 Å². The Morgan fingerprint density at radius 1 is 1.04 bits per heavy atom. The molecule has 2 amide bonds. The molecule has 26 heavy (non-hydrogen) atoms. The predicted molar refractivity (Wildman–Crippen MR) is 96.2 cm³/mol. The number of anilines is 2. The van der Waals surface area contributed by atoms with E-state index in [0.717, 1.165) is 0 Å². The molecule has 3 rings (SSSR count). The Kier molecular flexibility index (Phi) is 5.28. The van der Waals surface area contributed by atoms with E-state index in [4.69, 9.17) is 9.26 Å². The second-order valence-corrected chi connectivity index (χ2v) is 5.48. The van der Waals surface area contributed by atoms with Crippen molar-refractivity contribution in [2.24, 2.45) is 0 Å². The largest absolute Gasteiger partial charge is 0.483 e. The number of nitrogens with one attached hydrogen (secondary N) is 2. The average Bonchev–Trinajstić information content (AvgIpc) is 3.05. The van der Waals surface area contributed by atoms with Gasteiger partial charge in [-0.2, -0.15) is 0 Å². The van der Waals surface area contributed by atoms with Gasteiger partial charge in [-0.05, 0) is 31.2 Å². The van der Waals surface area contributed by atoms with Crippen molar-refractivity contribution in [3.05, 3.63) is 72.0 Å². The molecule has 0 saturated carbocycles. The van der Waals surface area contributed by atoms with Crippen LogP contribution in [0.15, 0.2) is 65.2 Å². The van der Waals surface area contributed by atoms with Crippen LogP contribution in [0.5, 0.6) is 5.75 Å². The van der Waals surface area contributed by atoms with Crippen molar-refractivity contribution < 1.29 is 18.8 Å². The maximum Gasteiger partial charge on any atom is 0.263 e. The van der Waals surface area contributed by atoms with Gasteiger partial charge in [0.15, 0.2) is 12.4 Å². The van der Waals surface area contributed by atoms with E-state index < -0.39 is 5.91 Å². The van der Waals surface area contributed by atoms with Crippen molar-refractivity contribution in [2.75, 3.05) is 17.2 Å². The number of para-hydroxylation sites is 2. The zero-order chi connectivity index (χ0) is 18.4. The van der Waals surface area contributed by atoms with Gasteiger partial charge in [0.05, 0.1) is 5.56 Å². The lowest BCUT2D eigenvalue weighted by Gasteiger charge is -2.11. The first-order valence-electron chi connectivity index (χ1n) is 7.93. The van der Waals surface area contributed by atoms with E-state index in [2.05, 4.69) is 15.8 Å². The predicted octanol–water partition coefficient (Wildman–Crippen LogP) is 3.25. The van der Waals surface area contributed by atoms with E-state index in [-0.39, 0.29) is 12.5 Å². The standard InChI is InChI=1S/C19H17N3O4/c1-13-11-17(22-26-13)21-18(23)12-25-16-10-6-5-9-15(16)19(24)20-14-7-3-2-4-8-14/h2-11H,12H2,1H3,(H,20,24)(H,21,22,23). The van der Waals surface area contributed by atoms with Crippen molar-refractivity contribution in [1.29, 1.82) is 0 Å². The first-order chi connectivity index (χ1) is 12.6. The van der Waals surface area contributed by atoms with Crippen molar-refractivity contribution in [3.63, 3.8) is 0 Å². The third-order valence-electron chi connectivity index (χ3n) is 3.42. The Bertz CT molecular complexity index is 906. The molecule has 7 nitrogen and oxygen atoms in total. The van der Waals surface area contributed by atoms with Gasteiger partial charge in [-0.25, -0.2) is 0 Å². The molecule has 0 spiro atoms. The first-order valence-corrected chi connectivity index (χ1v) is 7.93. The minimum atomic E-state index is -0.406. The summed E-state index contributed by atoms with van der Waals surface area (Å²) in [6.45, 7) is 1.46. The second-order valence-electron chi connectivity index (χ2n) is 5.48. The number of aromatic nitrogens is 1. The Morgan fingerprint density at radius 3 is 2.50 bits per heavy atom. The van der Waals surface area contributed by atoms with Crippen molar-refractivity contribution in [3.8, 4) is 5.75 Å². The fourth-order valence-electron chi connectivity index (χ4n) is 2.25. The van der Waals surface area contributed by atoms with E-state index >= 15 is 0 Å². The highest BCUT2D eigenvalue weighted by Crippen LogP contribution is 2.20. The number of nitrogens with zero attached hydrogens (tertiary/aromatic N) is 1. The molecule has 0 unspecified atom stereocenters. The molecule has 0 bridgehead atoms. The fraction of sp³-hybridized carbons (Fsp3) is 0.105. The van der Waals surface area contributed by atoms with Gasteiger partial charge in [-0.15, -0.1) is 0 Å². The lowest BCUT2D eigenvalue weighted by Crippen LogP contribution is -2.21. The van der Waals surface area contributed by atoms with Gasteiger partial charge in [-0.3, -0.25) is 9.59 Å². The molecule has 2 N–H and O–H groups in total. The Balaban J connectivity index is 1.63. The molecule has 0 aliphatic rings. The molecule has 3 aromatic rings. The number of benzene rings is 2. The van der Waals surface area contributed by atoms with Crippen LogP contribution in [0.4, 0.5) is 11.5 Å². The van der Waals surface area contributed by atoms with Crippen LogP contribution in [0, 0.1) is 6.92 Å². The third-order valence-corrected chi connectivity index (χ3v) is 3.42. The Morgan fingerprint density at radius 2 is 1.77 bits per heavy atom.